The van der Waals surface area contributed by atoms with Gasteiger partial charge in [-0.1, -0.05) is 0 Å². The van der Waals surface area contributed by atoms with Crippen molar-refractivity contribution in [1.82, 2.24) is 25.4 Å². The first-order valence-corrected chi connectivity index (χ1v) is 6.27. The third-order valence-electron chi connectivity index (χ3n) is 3.19. The van der Waals surface area contributed by atoms with Crippen molar-refractivity contribution < 1.29 is 4.79 Å². The van der Waals surface area contributed by atoms with Gasteiger partial charge in [0.05, 0.1) is 11.3 Å². The molecule has 2 aromatic rings. The molecule has 19 heavy (non-hydrogen) atoms. The van der Waals surface area contributed by atoms with Crippen LogP contribution in [0.3, 0.4) is 0 Å². The second-order valence-electron chi connectivity index (χ2n) is 4.70. The van der Waals surface area contributed by atoms with E-state index in [1.807, 2.05) is 34.0 Å². The highest BCUT2D eigenvalue weighted by Gasteiger charge is 2.12. The van der Waals surface area contributed by atoms with Crippen molar-refractivity contribution in [3.05, 3.63) is 23.5 Å². The van der Waals surface area contributed by atoms with E-state index in [9.17, 15) is 4.79 Å². The molecule has 2 aromatic heterocycles. The number of aryl methyl sites for hydroxylation is 2. The summed E-state index contributed by atoms with van der Waals surface area (Å²) < 4.78 is 1.72. The summed E-state index contributed by atoms with van der Waals surface area (Å²) in [7, 11) is 3.71. The Morgan fingerprint density at radius 1 is 1.53 bits per heavy atom. The SMILES string of the molecule is CNC(C)CNC(=O)c1cnc2c(c1)c(C)nn2C. The minimum Gasteiger partial charge on any atom is -0.350 e. The lowest BCUT2D eigenvalue weighted by Gasteiger charge is -2.11. The highest BCUT2D eigenvalue weighted by atomic mass is 16.1. The highest BCUT2D eigenvalue weighted by molar-refractivity contribution is 5.97. The molecule has 0 fully saturated rings. The Bertz CT molecular complexity index is 604. The Hall–Kier alpha value is -1.95. The summed E-state index contributed by atoms with van der Waals surface area (Å²) in [5.74, 6) is -0.111. The van der Waals surface area contributed by atoms with Crippen molar-refractivity contribution >= 4 is 16.9 Å². The second kappa shape index (κ2) is 5.36. The van der Waals surface area contributed by atoms with Crippen LogP contribution in [0.5, 0.6) is 0 Å². The molecule has 0 aliphatic rings. The molecular weight excluding hydrogens is 242 g/mol. The molecule has 102 valence electrons. The molecule has 1 atom stereocenters. The molecule has 0 spiro atoms. The molecule has 0 aliphatic heterocycles. The predicted molar refractivity (Wildman–Crippen MR) is 74.1 cm³/mol. The number of carbonyl (C=O) groups excluding carboxylic acids is 1. The molecule has 6 nitrogen and oxygen atoms in total. The first kappa shape index (κ1) is 13.5. The van der Waals surface area contributed by atoms with E-state index in [0.717, 1.165) is 16.7 Å². The van der Waals surface area contributed by atoms with Gasteiger partial charge in [0, 0.05) is 31.2 Å². The molecule has 0 saturated heterocycles. The Kier molecular flexibility index (Phi) is 3.80. The van der Waals surface area contributed by atoms with Gasteiger partial charge in [-0.25, -0.2) is 4.98 Å². The molecule has 2 N–H and O–H groups in total. The molecule has 0 radical (unpaired) electrons. The largest absolute Gasteiger partial charge is 0.350 e. The van der Waals surface area contributed by atoms with E-state index in [1.165, 1.54) is 0 Å². The Morgan fingerprint density at radius 3 is 2.95 bits per heavy atom. The van der Waals surface area contributed by atoms with Crippen LogP contribution in [0, 0.1) is 6.92 Å². The smallest absolute Gasteiger partial charge is 0.252 e. The number of hydrogen-bond donors (Lipinski definition) is 2. The van der Waals surface area contributed by atoms with Crippen molar-refractivity contribution in [3.63, 3.8) is 0 Å². The van der Waals surface area contributed by atoms with Crippen LogP contribution in [-0.2, 0) is 7.05 Å². The van der Waals surface area contributed by atoms with Crippen LogP contribution in [0.15, 0.2) is 12.3 Å². The van der Waals surface area contributed by atoms with E-state index in [1.54, 1.807) is 10.9 Å². The van der Waals surface area contributed by atoms with Crippen molar-refractivity contribution in [2.45, 2.75) is 19.9 Å². The van der Waals surface area contributed by atoms with Gasteiger partial charge < -0.3 is 10.6 Å². The van der Waals surface area contributed by atoms with Gasteiger partial charge in [0.15, 0.2) is 5.65 Å². The summed E-state index contributed by atoms with van der Waals surface area (Å²) in [4.78, 5) is 16.3. The number of carbonyl (C=O) groups is 1. The molecular formula is C13H19N5O. The minimum atomic E-state index is -0.111. The van der Waals surface area contributed by atoms with Crippen LogP contribution in [0.1, 0.15) is 23.0 Å². The molecule has 6 heteroatoms. The fraction of sp³-hybridized carbons (Fsp3) is 0.462. The molecule has 0 saturated carbocycles. The number of rotatable bonds is 4. The first-order chi connectivity index (χ1) is 9.02. The molecule has 1 amide bonds. The van der Waals surface area contributed by atoms with E-state index in [2.05, 4.69) is 20.7 Å². The zero-order valence-electron chi connectivity index (χ0n) is 11.7. The van der Waals surface area contributed by atoms with Crippen LogP contribution in [0.25, 0.3) is 11.0 Å². The molecule has 0 aromatic carbocycles. The summed E-state index contributed by atoms with van der Waals surface area (Å²) in [5.41, 5.74) is 2.23. The average Bonchev–Trinajstić information content (AvgIpc) is 2.70. The fourth-order valence-corrected chi connectivity index (χ4v) is 1.88. The standard InChI is InChI=1S/C13H19N5O/c1-8(14-3)6-16-13(19)10-5-11-9(2)17-18(4)12(11)15-7-10/h5,7-8,14H,6H2,1-4H3,(H,16,19). The maximum atomic E-state index is 12.0. The summed E-state index contributed by atoms with van der Waals surface area (Å²) in [6, 6.07) is 2.07. The average molecular weight is 261 g/mol. The van der Waals surface area contributed by atoms with E-state index in [-0.39, 0.29) is 11.9 Å². The lowest BCUT2D eigenvalue weighted by atomic mass is 10.2. The topological polar surface area (TPSA) is 71.8 Å². The van der Waals surface area contributed by atoms with E-state index < -0.39 is 0 Å². The number of amides is 1. The van der Waals surface area contributed by atoms with Gasteiger partial charge in [-0.2, -0.15) is 5.10 Å². The summed E-state index contributed by atoms with van der Waals surface area (Å²) in [6.45, 7) is 4.50. The number of pyridine rings is 1. The van der Waals surface area contributed by atoms with E-state index in [4.69, 9.17) is 0 Å². The van der Waals surface area contributed by atoms with Crippen molar-refractivity contribution in [2.75, 3.05) is 13.6 Å². The summed E-state index contributed by atoms with van der Waals surface area (Å²) >= 11 is 0. The van der Waals surface area contributed by atoms with E-state index in [0.29, 0.717) is 12.1 Å². The maximum Gasteiger partial charge on any atom is 0.252 e. The normalized spacial score (nSPS) is 12.6. The molecule has 2 rings (SSSR count). The third kappa shape index (κ3) is 2.73. The summed E-state index contributed by atoms with van der Waals surface area (Å²) in [5, 5.41) is 11.1. The van der Waals surface area contributed by atoms with Gasteiger partial charge in [-0.05, 0) is 27.0 Å². The van der Waals surface area contributed by atoms with Crippen LogP contribution in [-0.4, -0.2) is 40.3 Å². The van der Waals surface area contributed by atoms with E-state index >= 15 is 0 Å². The maximum absolute atomic E-state index is 12.0. The van der Waals surface area contributed by atoms with Crippen LogP contribution in [0.2, 0.25) is 0 Å². The number of hydrogen-bond acceptors (Lipinski definition) is 4. The number of nitrogens with one attached hydrogen (secondary N) is 2. The van der Waals surface area contributed by atoms with Gasteiger partial charge in [-0.3, -0.25) is 9.48 Å². The monoisotopic (exact) mass is 261 g/mol. The zero-order valence-corrected chi connectivity index (χ0v) is 11.7. The molecule has 0 bridgehead atoms. The van der Waals surface area contributed by atoms with Crippen LogP contribution in [0.4, 0.5) is 0 Å². The fourth-order valence-electron chi connectivity index (χ4n) is 1.88. The lowest BCUT2D eigenvalue weighted by Crippen LogP contribution is -2.37. The number of aromatic nitrogens is 3. The van der Waals surface area contributed by atoms with Gasteiger partial charge in [0.1, 0.15) is 0 Å². The lowest BCUT2D eigenvalue weighted by molar-refractivity contribution is 0.0950. The number of fused-ring (bicyclic) bond motifs is 1. The Morgan fingerprint density at radius 2 is 2.26 bits per heavy atom. The number of likely N-dealkylation sites (N-methyl/N-ethyl adjacent to an activating group) is 1. The molecule has 0 aliphatic carbocycles. The highest BCUT2D eigenvalue weighted by Crippen LogP contribution is 2.16. The van der Waals surface area contributed by atoms with Crippen molar-refractivity contribution in [2.24, 2.45) is 7.05 Å². The summed E-state index contributed by atoms with van der Waals surface area (Å²) in [6.07, 6.45) is 1.59. The molecule has 1 unspecified atom stereocenters. The Labute approximate surface area is 112 Å². The van der Waals surface area contributed by atoms with Crippen LogP contribution < -0.4 is 10.6 Å². The zero-order chi connectivity index (χ0) is 14.0. The quantitative estimate of drug-likeness (QED) is 0.846. The van der Waals surface area contributed by atoms with Gasteiger partial charge in [0.25, 0.3) is 5.91 Å². The minimum absolute atomic E-state index is 0.111. The Balaban J connectivity index is 2.21. The van der Waals surface area contributed by atoms with Gasteiger partial charge in [0.2, 0.25) is 0 Å². The van der Waals surface area contributed by atoms with Gasteiger partial charge in [-0.15, -0.1) is 0 Å². The van der Waals surface area contributed by atoms with Crippen molar-refractivity contribution in [3.8, 4) is 0 Å². The first-order valence-electron chi connectivity index (χ1n) is 6.27. The predicted octanol–water partition coefficient (Wildman–Crippen LogP) is 0.614. The van der Waals surface area contributed by atoms with Crippen molar-refractivity contribution in [1.29, 1.82) is 0 Å². The van der Waals surface area contributed by atoms with Crippen LogP contribution >= 0.6 is 0 Å². The number of nitrogens with zero attached hydrogens (tertiary/aromatic N) is 3. The van der Waals surface area contributed by atoms with Gasteiger partial charge >= 0.3 is 0 Å². The second-order valence-corrected chi connectivity index (χ2v) is 4.70. The third-order valence-corrected chi connectivity index (χ3v) is 3.19. The molecule has 2 heterocycles.